The van der Waals surface area contributed by atoms with E-state index in [-0.39, 0.29) is 6.10 Å². The number of methoxy groups -OCH3 is 1. The molecule has 20 heavy (non-hydrogen) atoms. The molecule has 0 saturated heterocycles. The number of hydrogen-bond donors (Lipinski definition) is 0. The van der Waals surface area contributed by atoms with Crippen LogP contribution in [0.25, 0.3) is 0 Å². The first kappa shape index (κ1) is 15.8. The van der Waals surface area contributed by atoms with Crippen LogP contribution in [-0.4, -0.2) is 18.5 Å². The molecule has 1 aromatic carbocycles. The van der Waals surface area contributed by atoms with Gasteiger partial charge in [-0.05, 0) is 48.8 Å². The van der Waals surface area contributed by atoms with Gasteiger partial charge in [0.1, 0.15) is 5.75 Å². The molecule has 0 aromatic heterocycles. The molecule has 4 unspecified atom stereocenters. The van der Waals surface area contributed by atoms with Crippen LogP contribution in [0, 0.1) is 11.8 Å². The van der Waals surface area contributed by atoms with Crippen molar-refractivity contribution in [3.05, 3.63) is 29.8 Å². The molecule has 3 heteroatoms. The minimum Gasteiger partial charge on any atom is -0.497 e. The van der Waals surface area contributed by atoms with Crippen LogP contribution in [0.5, 0.6) is 5.75 Å². The maximum atomic E-state index is 6.34. The van der Waals surface area contributed by atoms with Gasteiger partial charge in [-0.2, -0.15) is 0 Å². The van der Waals surface area contributed by atoms with Gasteiger partial charge >= 0.3 is 0 Å². The molecular weight excluding hydrogens is 316 g/mol. The van der Waals surface area contributed by atoms with Crippen molar-refractivity contribution in [2.75, 3.05) is 12.4 Å². The zero-order valence-corrected chi connectivity index (χ0v) is 14.2. The van der Waals surface area contributed by atoms with E-state index in [2.05, 4.69) is 41.9 Å². The van der Waals surface area contributed by atoms with Crippen LogP contribution in [0.1, 0.15) is 44.8 Å². The second-order valence-electron chi connectivity index (χ2n) is 5.95. The van der Waals surface area contributed by atoms with Gasteiger partial charge in [-0.1, -0.05) is 41.9 Å². The van der Waals surface area contributed by atoms with Crippen molar-refractivity contribution < 1.29 is 9.47 Å². The van der Waals surface area contributed by atoms with Crippen molar-refractivity contribution in [1.29, 1.82) is 0 Å². The minimum absolute atomic E-state index is 0.107. The van der Waals surface area contributed by atoms with Crippen molar-refractivity contribution in [3.8, 4) is 5.75 Å². The van der Waals surface area contributed by atoms with Gasteiger partial charge in [0.15, 0.2) is 0 Å². The van der Waals surface area contributed by atoms with E-state index in [0.717, 1.165) is 22.9 Å². The molecule has 1 aliphatic carbocycles. The van der Waals surface area contributed by atoms with E-state index in [1.54, 1.807) is 7.11 Å². The number of ether oxygens (including phenoxy) is 2. The standard InChI is InChI=1S/C17H25BrO2/c1-12-7-8-16(9-13(12)2)20-17(11-18)14-5-4-6-15(10-14)19-3/h4-6,10,12-13,16-17H,7-9,11H2,1-3H3. The average Bonchev–Trinajstić information content (AvgIpc) is 2.48. The summed E-state index contributed by atoms with van der Waals surface area (Å²) in [5, 5.41) is 0.820. The van der Waals surface area contributed by atoms with Gasteiger partial charge < -0.3 is 9.47 Å². The van der Waals surface area contributed by atoms with Crippen LogP contribution in [0.3, 0.4) is 0 Å². The fourth-order valence-electron chi connectivity index (χ4n) is 2.90. The number of benzene rings is 1. The molecule has 4 atom stereocenters. The second-order valence-corrected chi connectivity index (χ2v) is 6.59. The summed E-state index contributed by atoms with van der Waals surface area (Å²) in [6, 6.07) is 8.18. The van der Waals surface area contributed by atoms with Crippen molar-refractivity contribution in [2.45, 2.75) is 45.3 Å². The topological polar surface area (TPSA) is 18.5 Å². The van der Waals surface area contributed by atoms with Crippen LogP contribution in [0.2, 0.25) is 0 Å². The fraction of sp³-hybridized carbons (Fsp3) is 0.647. The number of hydrogen-bond acceptors (Lipinski definition) is 2. The Kier molecular flexibility index (Phi) is 5.91. The van der Waals surface area contributed by atoms with Crippen LogP contribution < -0.4 is 4.74 Å². The van der Waals surface area contributed by atoms with Crippen molar-refractivity contribution in [1.82, 2.24) is 0 Å². The zero-order valence-electron chi connectivity index (χ0n) is 12.6. The first-order valence-corrected chi connectivity index (χ1v) is 8.61. The Morgan fingerprint density at radius 2 is 2.05 bits per heavy atom. The molecule has 2 rings (SSSR count). The molecule has 1 saturated carbocycles. The van der Waals surface area contributed by atoms with Crippen molar-refractivity contribution >= 4 is 15.9 Å². The SMILES string of the molecule is COc1cccc(C(CBr)OC2CCC(C)C(C)C2)c1. The van der Waals surface area contributed by atoms with Crippen LogP contribution >= 0.6 is 15.9 Å². The van der Waals surface area contributed by atoms with Crippen LogP contribution in [-0.2, 0) is 4.74 Å². The lowest BCUT2D eigenvalue weighted by Gasteiger charge is -2.34. The highest BCUT2D eigenvalue weighted by molar-refractivity contribution is 9.09. The van der Waals surface area contributed by atoms with E-state index in [0.29, 0.717) is 6.10 Å². The summed E-state index contributed by atoms with van der Waals surface area (Å²) in [5.41, 5.74) is 1.19. The summed E-state index contributed by atoms with van der Waals surface area (Å²) in [7, 11) is 1.70. The van der Waals surface area contributed by atoms with Crippen molar-refractivity contribution in [3.63, 3.8) is 0 Å². The minimum atomic E-state index is 0.107. The highest BCUT2D eigenvalue weighted by Crippen LogP contribution is 2.34. The Morgan fingerprint density at radius 1 is 1.25 bits per heavy atom. The lowest BCUT2D eigenvalue weighted by atomic mass is 9.80. The maximum Gasteiger partial charge on any atom is 0.119 e. The Balaban J connectivity index is 2.01. The molecular formula is C17H25BrO2. The predicted octanol–water partition coefficient (Wildman–Crippen LogP) is 4.97. The molecule has 0 amide bonds. The van der Waals surface area contributed by atoms with Gasteiger partial charge in [-0.25, -0.2) is 0 Å². The zero-order chi connectivity index (χ0) is 14.5. The molecule has 0 radical (unpaired) electrons. The van der Waals surface area contributed by atoms with Gasteiger partial charge in [-0.3, -0.25) is 0 Å². The van der Waals surface area contributed by atoms with E-state index in [1.807, 2.05) is 12.1 Å². The first-order chi connectivity index (χ1) is 9.63. The summed E-state index contributed by atoms with van der Waals surface area (Å²) in [4.78, 5) is 0. The second kappa shape index (κ2) is 7.46. The van der Waals surface area contributed by atoms with Gasteiger partial charge in [0.25, 0.3) is 0 Å². The molecule has 1 fully saturated rings. The Bertz CT molecular complexity index is 421. The highest BCUT2D eigenvalue weighted by Gasteiger charge is 2.27. The van der Waals surface area contributed by atoms with Gasteiger partial charge in [0.2, 0.25) is 0 Å². The summed E-state index contributed by atoms with van der Waals surface area (Å²) >= 11 is 3.59. The van der Waals surface area contributed by atoms with E-state index >= 15 is 0 Å². The summed E-state index contributed by atoms with van der Waals surface area (Å²) in [5.74, 6) is 2.48. The fourth-order valence-corrected chi connectivity index (χ4v) is 3.43. The molecule has 0 N–H and O–H groups in total. The van der Waals surface area contributed by atoms with E-state index in [9.17, 15) is 0 Å². The molecule has 0 aliphatic heterocycles. The van der Waals surface area contributed by atoms with E-state index in [1.165, 1.54) is 24.8 Å². The number of alkyl halides is 1. The Labute approximate surface area is 131 Å². The molecule has 0 heterocycles. The summed E-state index contributed by atoms with van der Waals surface area (Å²) < 4.78 is 11.6. The number of halogens is 1. The molecule has 0 spiro atoms. The molecule has 112 valence electrons. The maximum absolute atomic E-state index is 6.34. The smallest absolute Gasteiger partial charge is 0.119 e. The van der Waals surface area contributed by atoms with Crippen LogP contribution in [0.4, 0.5) is 0 Å². The highest BCUT2D eigenvalue weighted by atomic mass is 79.9. The van der Waals surface area contributed by atoms with Crippen LogP contribution in [0.15, 0.2) is 24.3 Å². The molecule has 1 aromatic rings. The summed E-state index contributed by atoms with van der Waals surface area (Å²) in [6.07, 6.45) is 4.12. The lowest BCUT2D eigenvalue weighted by molar-refractivity contribution is -0.0384. The average molecular weight is 341 g/mol. The number of rotatable bonds is 5. The van der Waals surface area contributed by atoms with Gasteiger partial charge in [0, 0.05) is 5.33 Å². The monoisotopic (exact) mass is 340 g/mol. The largest absolute Gasteiger partial charge is 0.497 e. The quantitative estimate of drug-likeness (QED) is 0.704. The predicted molar refractivity (Wildman–Crippen MR) is 86.6 cm³/mol. The Hall–Kier alpha value is -0.540. The van der Waals surface area contributed by atoms with Crippen molar-refractivity contribution in [2.24, 2.45) is 11.8 Å². The molecule has 0 bridgehead atoms. The van der Waals surface area contributed by atoms with Gasteiger partial charge in [-0.15, -0.1) is 0 Å². The molecule has 1 aliphatic rings. The molecule has 2 nitrogen and oxygen atoms in total. The lowest BCUT2D eigenvalue weighted by Crippen LogP contribution is -2.28. The first-order valence-electron chi connectivity index (χ1n) is 7.49. The third-order valence-corrected chi connectivity index (χ3v) is 5.10. The van der Waals surface area contributed by atoms with E-state index < -0.39 is 0 Å². The summed E-state index contributed by atoms with van der Waals surface area (Å²) in [6.45, 7) is 4.69. The normalized spacial score (nSPS) is 28.1. The third kappa shape index (κ3) is 3.98. The third-order valence-electron chi connectivity index (χ3n) is 4.51. The van der Waals surface area contributed by atoms with E-state index in [4.69, 9.17) is 9.47 Å². The van der Waals surface area contributed by atoms with Gasteiger partial charge in [0.05, 0.1) is 19.3 Å². The Morgan fingerprint density at radius 3 is 2.70 bits per heavy atom.